The molecule has 0 aliphatic carbocycles. The first-order chi connectivity index (χ1) is 7.65. The summed E-state index contributed by atoms with van der Waals surface area (Å²) in [4.78, 5) is 0. The molecule has 0 aliphatic rings. The van der Waals surface area contributed by atoms with E-state index in [-0.39, 0.29) is 0 Å². The van der Waals surface area contributed by atoms with Gasteiger partial charge >= 0.3 is 0 Å². The summed E-state index contributed by atoms with van der Waals surface area (Å²) in [5, 5.41) is 8.54. The first kappa shape index (κ1) is 12.5. The Morgan fingerprint density at radius 2 is 2.06 bits per heavy atom. The van der Waals surface area contributed by atoms with E-state index in [0.717, 1.165) is 5.75 Å². The summed E-state index contributed by atoms with van der Waals surface area (Å²) in [5.74, 6) is 1.32. The topological polar surface area (TPSA) is 59.0 Å². The van der Waals surface area contributed by atoms with E-state index in [9.17, 15) is 0 Å². The van der Waals surface area contributed by atoms with Crippen molar-refractivity contribution < 1.29 is 4.74 Å². The molecule has 0 bridgehead atoms. The molecule has 0 aliphatic heterocycles. The number of nitriles is 1. The van der Waals surface area contributed by atoms with Crippen molar-refractivity contribution in [2.75, 3.05) is 6.61 Å². The maximum absolute atomic E-state index is 8.54. The van der Waals surface area contributed by atoms with Crippen LogP contribution < -0.4 is 10.5 Å². The molecule has 1 atom stereocenters. The van der Waals surface area contributed by atoms with Crippen molar-refractivity contribution in [3.63, 3.8) is 0 Å². The first-order valence-electron chi connectivity index (χ1n) is 5.52. The van der Waals surface area contributed by atoms with Crippen LogP contribution in [0.2, 0.25) is 0 Å². The fourth-order valence-electron chi connectivity index (χ4n) is 1.45. The number of nitrogens with zero attached hydrogens (tertiary/aromatic N) is 1. The second-order valence-corrected chi connectivity index (χ2v) is 4.07. The summed E-state index contributed by atoms with van der Waals surface area (Å²) in [5.41, 5.74) is 6.68. The highest BCUT2D eigenvalue weighted by Crippen LogP contribution is 2.25. The summed E-state index contributed by atoms with van der Waals surface area (Å²) < 4.78 is 5.64. The highest BCUT2D eigenvalue weighted by Gasteiger charge is 2.07. The van der Waals surface area contributed by atoms with Crippen LogP contribution in [0.4, 0.5) is 0 Å². The summed E-state index contributed by atoms with van der Waals surface area (Å²) >= 11 is 0. The van der Waals surface area contributed by atoms with Crippen molar-refractivity contribution in [1.29, 1.82) is 5.26 Å². The molecule has 0 fully saturated rings. The van der Waals surface area contributed by atoms with Gasteiger partial charge in [-0.1, -0.05) is 32.0 Å². The largest absolute Gasteiger partial charge is 0.493 e. The Balaban J connectivity index is 2.57. The van der Waals surface area contributed by atoms with Crippen LogP contribution in [-0.4, -0.2) is 12.6 Å². The van der Waals surface area contributed by atoms with Crippen LogP contribution in [0.1, 0.15) is 31.7 Å². The lowest BCUT2D eigenvalue weighted by atomic mass is 10.0. The van der Waals surface area contributed by atoms with E-state index in [0.29, 0.717) is 18.9 Å². The number of benzene rings is 1. The average molecular weight is 218 g/mol. The summed E-state index contributed by atoms with van der Waals surface area (Å²) in [6.45, 7) is 4.74. The van der Waals surface area contributed by atoms with E-state index in [1.165, 1.54) is 5.56 Å². The van der Waals surface area contributed by atoms with Gasteiger partial charge in [0.15, 0.2) is 0 Å². The minimum Gasteiger partial charge on any atom is -0.493 e. The van der Waals surface area contributed by atoms with Gasteiger partial charge < -0.3 is 10.5 Å². The SMILES string of the molecule is CC(C)c1ccccc1OCCC(N)C#N. The van der Waals surface area contributed by atoms with Gasteiger partial charge in [-0.15, -0.1) is 0 Å². The van der Waals surface area contributed by atoms with Crippen molar-refractivity contribution in [2.24, 2.45) is 5.73 Å². The molecule has 0 saturated carbocycles. The van der Waals surface area contributed by atoms with Gasteiger partial charge in [0.2, 0.25) is 0 Å². The summed E-state index contributed by atoms with van der Waals surface area (Å²) in [6, 6.07) is 9.51. The van der Waals surface area contributed by atoms with E-state index in [4.69, 9.17) is 15.7 Å². The van der Waals surface area contributed by atoms with Gasteiger partial charge in [-0.05, 0) is 17.5 Å². The Kier molecular flexibility index (Phi) is 4.81. The number of para-hydroxylation sites is 1. The van der Waals surface area contributed by atoms with Crippen LogP contribution >= 0.6 is 0 Å². The molecular formula is C13H18N2O. The van der Waals surface area contributed by atoms with E-state index in [2.05, 4.69) is 19.9 Å². The Hall–Kier alpha value is -1.53. The van der Waals surface area contributed by atoms with Crippen LogP contribution in [0.5, 0.6) is 5.75 Å². The fourth-order valence-corrected chi connectivity index (χ4v) is 1.45. The first-order valence-corrected chi connectivity index (χ1v) is 5.52. The summed E-state index contributed by atoms with van der Waals surface area (Å²) in [7, 11) is 0. The molecular weight excluding hydrogens is 200 g/mol. The number of hydrogen-bond donors (Lipinski definition) is 1. The van der Waals surface area contributed by atoms with Crippen LogP contribution in [0.25, 0.3) is 0 Å². The maximum atomic E-state index is 8.54. The second-order valence-electron chi connectivity index (χ2n) is 4.07. The average Bonchev–Trinajstić information content (AvgIpc) is 2.29. The number of hydrogen-bond acceptors (Lipinski definition) is 3. The molecule has 0 heterocycles. The predicted octanol–water partition coefficient (Wildman–Crippen LogP) is 2.43. The predicted molar refractivity (Wildman–Crippen MR) is 64.2 cm³/mol. The molecule has 0 amide bonds. The zero-order valence-electron chi connectivity index (χ0n) is 9.81. The quantitative estimate of drug-likeness (QED) is 0.825. The third-order valence-electron chi connectivity index (χ3n) is 2.39. The van der Waals surface area contributed by atoms with Gasteiger partial charge in [0.05, 0.1) is 18.7 Å². The zero-order chi connectivity index (χ0) is 12.0. The van der Waals surface area contributed by atoms with E-state index < -0.39 is 6.04 Å². The van der Waals surface area contributed by atoms with E-state index in [1.54, 1.807) is 0 Å². The third kappa shape index (κ3) is 3.56. The van der Waals surface area contributed by atoms with Gasteiger partial charge in [-0.3, -0.25) is 0 Å². The Labute approximate surface area is 96.8 Å². The van der Waals surface area contributed by atoms with Crippen molar-refractivity contribution >= 4 is 0 Å². The lowest BCUT2D eigenvalue weighted by Crippen LogP contribution is -2.20. The van der Waals surface area contributed by atoms with Crippen LogP contribution in [0.3, 0.4) is 0 Å². The van der Waals surface area contributed by atoms with Crippen LogP contribution in [-0.2, 0) is 0 Å². The molecule has 0 radical (unpaired) electrons. The molecule has 3 nitrogen and oxygen atoms in total. The van der Waals surface area contributed by atoms with Gasteiger partial charge in [0, 0.05) is 6.42 Å². The molecule has 86 valence electrons. The highest BCUT2D eigenvalue weighted by molar-refractivity contribution is 5.35. The normalized spacial score (nSPS) is 12.2. The van der Waals surface area contributed by atoms with E-state index >= 15 is 0 Å². The zero-order valence-corrected chi connectivity index (χ0v) is 9.81. The van der Waals surface area contributed by atoms with Crippen molar-refractivity contribution in [3.8, 4) is 11.8 Å². The number of rotatable bonds is 5. The molecule has 0 saturated heterocycles. The van der Waals surface area contributed by atoms with Gasteiger partial charge in [0.1, 0.15) is 5.75 Å². The molecule has 1 aromatic rings. The van der Waals surface area contributed by atoms with E-state index in [1.807, 2.05) is 24.3 Å². The molecule has 16 heavy (non-hydrogen) atoms. The van der Waals surface area contributed by atoms with Gasteiger partial charge in [-0.2, -0.15) is 5.26 Å². The number of nitrogens with two attached hydrogens (primary N) is 1. The lowest BCUT2D eigenvalue weighted by Gasteiger charge is -2.13. The molecule has 1 aromatic carbocycles. The maximum Gasteiger partial charge on any atom is 0.122 e. The highest BCUT2D eigenvalue weighted by atomic mass is 16.5. The second kappa shape index (κ2) is 6.14. The molecule has 3 heteroatoms. The standard InChI is InChI=1S/C13H18N2O/c1-10(2)12-5-3-4-6-13(12)16-8-7-11(15)9-14/h3-6,10-11H,7-8,15H2,1-2H3. The molecule has 2 N–H and O–H groups in total. The molecule has 1 unspecified atom stereocenters. The molecule has 0 spiro atoms. The van der Waals surface area contributed by atoms with Gasteiger partial charge in [-0.25, -0.2) is 0 Å². The van der Waals surface area contributed by atoms with Crippen molar-refractivity contribution in [3.05, 3.63) is 29.8 Å². The number of ether oxygens (including phenoxy) is 1. The Bertz CT molecular complexity index is 368. The minimum atomic E-state index is -0.439. The van der Waals surface area contributed by atoms with Crippen LogP contribution in [0, 0.1) is 11.3 Å². The fraction of sp³-hybridized carbons (Fsp3) is 0.462. The van der Waals surface area contributed by atoms with Crippen molar-refractivity contribution in [2.45, 2.75) is 32.2 Å². The Morgan fingerprint density at radius 1 is 1.38 bits per heavy atom. The smallest absolute Gasteiger partial charge is 0.122 e. The third-order valence-corrected chi connectivity index (χ3v) is 2.39. The minimum absolute atomic E-state index is 0.431. The lowest BCUT2D eigenvalue weighted by molar-refractivity contribution is 0.302. The van der Waals surface area contributed by atoms with Crippen molar-refractivity contribution in [1.82, 2.24) is 0 Å². The molecule has 0 aromatic heterocycles. The Morgan fingerprint density at radius 3 is 2.69 bits per heavy atom. The van der Waals surface area contributed by atoms with Gasteiger partial charge in [0.25, 0.3) is 0 Å². The summed E-state index contributed by atoms with van der Waals surface area (Å²) in [6.07, 6.45) is 0.558. The monoisotopic (exact) mass is 218 g/mol. The molecule has 1 rings (SSSR count). The van der Waals surface area contributed by atoms with Crippen LogP contribution in [0.15, 0.2) is 24.3 Å².